The van der Waals surface area contributed by atoms with Gasteiger partial charge in [-0.1, -0.05) is 23.2 Å². The van der Waals surface area contributed by atoms with Crippen LogP contribution < -0.4 is 10.3 Å². The number of nitrogens with zero attached hydrogens (tertiary/aromatic N) is 2. The summed E-state index contributed by atoms with van der Waals surface area (Å²) >= 11 is 15.0. The van der Waals surface area contributed by atoms with Crippen molar-refractivity contribution in [3.63, 3.8) is 0 Å². The van der Waals surface area contributed by atoms with Crippen LogP contribution in [0.4, 0.5) is 5.88 Å². The van der Waals surface area contributed by atoms with E-state index in [9.17, 15) is 4.79 Å². The second kappa shape index (κ2) is 7.17. The van der Waals surface area contributed by atoms with Gasteiger partial charge in [-0.2, -0.15) is 5.10 Å². The van der Waals surface area contributed by atoms with Crippen molar-refractivity contribution in [2.45, 2.75) is 0 Å². The zero-order chi connectivity index (χ0) is 16.3. The predicted octanol–water partition coefficient (Wildman–Crippen LogP) is 4.18. The lowest BCUT2D eigenvalue weighted by Gasteiger charge is -2.07. The number of amides is 1. The Morgan fingerprint density at radius 3 is 2.64 bits per heavy atom. The van der Waals surface area contributed by atoms with E-state index in [2.05, 4.69) is 26.5 Å². The SMILES string of the molecule is CN(C)c1oc(/C=N\NC(=O)c2ccc(Cl)c(Cl)c2)cc1Br. The third kappa shape index (κ3) is 4.03. The highest BCUT2D eigenvalue weighted by Gasteiger charge is 2.10. The number of hydrazone groups is 1. The van der Waals surface area contributed by atoms with Crippen LogP contribution in [0.1, 0.15) is 16.1 Å². The minimum absolute atomic E-state index is 0.309. The summed E-state index contributed by atoms with van der Waals surface area (Å²) in [5.74, 6) is 0.774. The van der Waals surface area contributed by atoms with E-state index < -0.39 is 5.91 Å². The Labute approximate surface area is 146 Å². The molecule has 2 rings (SSSR count). The molecule has 1 heterocycles. The van der Waals surface area contributed by atoms with Crippen LogP contribution in [-0.4, -0.2) is 26.2 Å². The minimum atomic E-state index is -0.395. The maximum Gasteiger partial charge on any atom is 0.271 e. The average Bonchev–Trinajstić information content (AvgIpc) is 2.83. The van der Waals surface area contributed by atoms with Gasteiger partial charge in [0.1, 0.15) is 0 Å². The van der Waals surface area contributed by atoms with E-state index in [1.54, 1.807) is 18.2 Å². The van der Waals surface area contributed by atoms with Crippen LogP contribution in [0.3, 0.4) is 0 Å². The van der Waals surface area contributed by atoms with Crippen molar-refractivity contribution in [3.05, 3.63) is 50.1 Å². The lowest BCUT2D eigenvalue weighted by atomic mass is 10.2. The molecule has 8 heteroatoms. The van der Waals surface area contributed by atoms with Gasteiger partial charge in [-0.25, -0.2) is 5.43 Å². The Morgan fingerprint density at radius 1 is 1.32 bits per heavy atom. The third-order valence-electron chi connectivity index (χ3n) is 2.63. The first kappa shape index (κ1) is 16.9. The molecule has 116 valence electrons. The van der Waals surface area contributed by atoms with E-state index in [1.165, 1.54) is 12.3 Å². The van der Waals surface area contributed by atoms with E-state index >= 15 is 0 Å². The minimum Gasteiger partial charge on any atom is -0.438 e. The first-order valence-corrected chi connectivity index (χ1v) is 7.68. The lowest BCUT2D eigenvalue weighted by Crippen LogP contribution is -2.17. The van der Waals surface area contributed by atoms with Gasteiger partial charge in [-0.15, -0.1) is 0 Å². The summed E-state index contributed by atoms with van der Waals surface area (Å²) in [4.78, 5) is 13.7. The first-order chi connectivity index (χ1) is 10.4. The van der Waals surface area contributed by atoms with Gasteiger partial charge in [0.2, 0.25) is 5.88 Å². The molecule has 0 radical (unpaired) electrons. The second-order valence-electron chi connectivity index (χ2n) is 4.52. The Balaban J connectivity index is 2.04. The molecule has 0 saturated heterocycles. The molecule has 22 heavy (non-hydrogen) atoms. The lowest BCUT2D eigenvalue weighted by molar-refractivity contribution is 0.0955. The fraction of sp³-hybridized carbons (Fsp3) is 0.143. The molecule has 0 spiro atoms. The Hall–Kier alpha value is -1.50. The summed E-state index contributed by atoms with van der Waals surface area (Å²) in [7, 11) is 3.72. The standard InChI is InChI=1S/C14H12BrCl2N3O2/c1-20(2)14-10(15)6-9(22-14)7-18-19-13(21)8-3-4-11(16)12(17)5-8/h3-7H,1-2H3,(H,19,21)/b18-7-. The van der Waals surface area contributed by atoms with Gasteiger partial charge in [0.05, 0.1) is 20.7 Å². The van der Waals surface area contributed by atoms with Crippen LogP contribution in [0.15, 0.2) is 38.3 Å². The highest BCUT2D eigenvalue weighted by molar-refractivity contribution is 9.10. The van der Waals surface area contributed by atoms with Crippen molar-refractivity contribution in [3.8, 4) is 0 Å². The fourth-order valence-corrected chi connectivity index (χ4v) is 2.56. The second-order valence-corrected chi connectivity index (χ2v) is 6.19. The van der Waals surface area contributed by atoms with Crippen LogP contribution in [-0.2, 0) is 0 Å². The van der Waals surface area contributed by atoms with Gasteiger partial charge in [0, 0.05) is 25.7 Å². The van der Waals surface area contributed by atoms with E-state index in [0.717, 1.165) is 4.47 Å². The summed E-state index contributed by atoms with van der Waals surface area (Å²) in [6.07, 6.45) is 1.41. The van der Waals surface area contributed by atoms with Crippen LogP contribution in [0.2, 0.25) is 10.0 Å². The molecule has 2 aromatic rings. The molecule has 1 aromatic carbocycles. The number of anilines is 1. The number of hydrogen-bond donors (Lipinski definition) is 1. The molecule has 5 nitrogen and oxygen atoms in total. The van der Waals surface area contributed by atoms with E-state index in [-0.39, 0.29) is 0 Å². The highest BCUT2D eigenvalue weighted by Crippen LogP contribution is 2.27. The molecule has 0 unspecified atom stereocenters. The molecular formula is C14H12BrCl2N3O2. The Kier molecular flexibility index (Phi) is 5.50. The number of halogens is 3. The van der Waals surface area contributed by atoms with Gasteiger partial charge < -0.3 is 9.32 Å². The molecule has 0 saturated carbocycles. The van der Waals surface area contributed by atoms with Gasteiger partial charge in [-0.3, -0.25) is 4.79 Å². The molecule has 0 atom stereocenters. The van der Waals surface area contributed by atoms with Crippen molar-refractivity contribution in [2.24, 2.45) is 5.10 Å². The molecule has 1 N–H and O–H groups in total. The van der Waals surface area contributed by atoms with Crippen LogP contribution in [0.5, 0.6) is 0 Å². The third-order valence-corrected chi connectivity index (χ3v) is 3.94. The normalized spacial score (nSPS) is 11.0. The van der Waals surface area contributed by atoms with Gasteiger partial charge in [-0.05, 0) is 34.1 Å². The molecule has 0 aliphatic heterocycles. The average molecular weight is 405 g/mol. The molecule has 0 aliphatic carbocycles. The number of furan rings is 1. The van der Waals surface area contributed by atoms with Crippen molar-refractivity contribution in [2.75, 3.05) is 19.0 Å². The predicted molar refractivity (Wildman–Crippen MR) is 92.3 cm³/mol. The van der Waals surface area contributed by atoms with Gasteiger partial charge in [0.25, 0.3) is 5.91 Å². The molecule has 0 aliphatic rings. The zero-order valence-corrected chi connectivity index (χ0v) is 14.8. The largest absolute Gasteiger partial charge is 0.438 e. The summed E-state index contributed by atoms with van der Waals surface area (Å²) < 4.78 is 6.34. The van der Waals surface area contributed by atoms with E-state index in [4.69, 9.17) is 27.6 Å². The number of benzene rings is 1. The van der Waals surface area contributed by atoms with Crippen molar-refractivity contribution in [1.29, 1.82) is 0 Å². The van der Waals surface area contributed by atoms with Crippen molar-refractivity contribution < 1.29 is 9.21 Å². The summed E-state index contributed by atoms with van der Waals surface area (Å²) in [6.45, 7) is 0. The Bertz CT molecular complexity index is 729. The maximum absolute atomic E-state index is 11.9. The fourth-order valence-electron chi connectivity index (χ4n) is 1.60. The number of carbonyl (C=O) groups is 1. The summed E-state index contributed by atoms with van der Waals surface area (Å²) in [5, 5.41) is 4.55. The first-order valence-electron chi connectivity index (χ1n) is 6.13. The number of carbonyl (C=O) groups excluding carboxylic acids is 1. The van der Waals surface area contributed by atoms with Gasteiger partial charge in [0.15, 0.2) is 5.76 Å². The molecule has 0 bridgehead atoms. The van der Waals surface area contributed by atoms with E-state index in [0.29, 0.717) is 27.3 Å². The van der Waals surface area contributed by atoms with Crippen LogP contribution in [0, 0.1) is 0 Å². The van der Waals surface area contributed by atoms with Crippen molar-refractivity contribution >= 4 is 57.1 Å². The monoisotopic (exact) mass is 403 g/mol. The topological polar surface area (TPSA) is 57.8 Å². The smallest absolute Gasteiger partial charge is 0.271 e. The van der Waals surface area contributed by atoms with Crippen LogP contribution in [0.25, 0.3) is 0 Å². The Morgan fingerprint density at radius 2 is 2.05 bits per heavy atom. The number of nitrogens with one attached hydrogen (secondary N) is 1. The van der Waals surface area contributed by atoms with E-state index in [1.807, 2.05) is 19.0 Å². The zero-order valence-electron chi connectivity index (χ0n) is 11.7. The number of hydrogen-bond acceptors (Lipinski definition) is 4. The number of rotatable bonds is 4. The van der Waals surface area contributed by atoms with Gasteiger partial charge >= 0.3 is 0 Å². The summed E-state index contributed by atoms with van der Waals surface area (Å²) in [6, 6.07) is 6.34. The van der Waals surface area contributed by atoms with Crippen LogP contribution >= 0.6 is 39.1 Å². The molecule has 1 aromatic heterocycles. The maximum atomic E-state index is 11.9. The highest BCUT2D eigenvalue weighted by atomic mass is 79.9. The summed E-state index contributed by atoms with van der Waals surface area (Å²) in [5.41, 5.74) is 2.75. The quantitative estimate of drug-likeness (QED) is 0.614. The molecule has 1 amide bonds. The van der Waals surface area contributed by atoms with Crippen molar-refractivity contribution in [1.82, 2.24) is 5.43 Å². The molecule has 0 fully saturated rings. The molecular weight excluding hydrogens is 393 g/mol.